The van der Waals surface area contributed by atoms with Crippen molar-refractivity contribution in [1.29, 1.82) is 0 Å². The highest BCUT2D eigenvalue weighted by atomic mass is 16.1. The Morgan fingerprint density at radius 3 is 2.56 bits per heavy atom. The molecule has 0 fully saturated rings. The minimum atomic E-state index is 0.169. The van der Waals surface area contributed by atoms with Gasteiger partial charge in [0.1, 0.15) is 0 Å². The second kappa shape index (κ2) is 8.31. The minimum Gasteiger partial charge on any atom is -0.293 e. The third-order valence-corrected chi connectivity index (χ3v) is 2.58. The van der Waals surface area contributed by atoms with Crippen molar-refractivity contribution in [3.8, 4) is 11.8 Å². The molecule has 1 nitrogen and oxygen atoms in total. The number of carbonyl (C=O) groups excluding carboxylic acids is 1. The van der Waals surface area contributed by atoms with Gasteiger partial charge in [0.2, 0.25) is 0 Å². The average Bonchev–Trinajstić information content (AvgIpc) is 2.42. The van der Waals surface area contributed by atoms with E-state index < -0.39 is 0 Å². The van der Waals surface area contributed by atoms with E-state index in [0.29, 0.717) is 12.0 Å². The molecular formula is C17H20O. The molecule has 0 aromatic heterocycles. The second-order valence-electron chi connectivity index (χ2n) is 4.17. The predicted octanol–water partition coefficient (Wildman–Crippen LogP) is 4.13. The molecule has 0 radical (unpaired) electrons. The predicted molar refractivity (Wildman–Crippen MR) is 76.2 cm³/mol. The summed E-state index contributed by atoms with van der Waals surface area (Å²) < 4.78 is 0. The van der Waals surface area contributed by atoms with Gasteiger partial charge in [0.15, 0.2) is 5.78 Å². The maximum Gasteiger partial charge on any atom is 0.170 e. The van der Waals surface area contributed by atoms with Crippen molar-refractivity contribution >= 4 is 5.78 Å². The summed E-state index contributed by atoms with van der Waals surface area (Å²) in [5, 5.41) is 0. The Balaban J connectivity index is 2.79. The first-order valence-corrected chi connectivity index (χ1v) is 6.58. The van der Waals surface area contributed by atoms with E-state index in [-0.39, 0.29) is 5.78 Å². The van der Waals surface area contributed by atoms with Crippen LogP contribution >= 0.6 is 0 Å². The highest BCUT2D eigenvalue weighted by molar-refractivity contribution is 5.99. The zero-order chi connectivity index (χ0) is 13.2. The molecule has 0 N–H and O–H groups in total. The fourth-order valence-corrected chi connectivity index (χ4v) is 1.57. The summed E-state index contributed by atoms with van der Waals surface area (Å²) in [5.74, 6) is 6.22. The molecule has 0 aliphatic rings. The molecule has 0 heterocycles. The monoisotopic (exact) mass is 240 g/mol. The van der Waals surface area contributed by atoms with Gasteiger partial charge in [0.25, 0.3) is 0 Å². The molecule has 1 rings (SSSR count). The van der Waals surface area contributed by atoms with Crippen LogP contribution in [0.1, 0.15) is 45.1 Å². The Kier molecular flexibility index (Phi) is 6.58. The number of Topliss-reactive ketones (excluding diaryl/α,β-unsaturated/α-hetero) is 1. The Labute approximate surface area is 110 Å². The lowest BCUT2D eigenvalue weighted by Crippen LogP contribution is -2.00. The standard InChI is InChI=1S/C17H20O/c1-3-5-12-17(18)16(9-4-2)14-13-15-10-7-6-8-11-15/h6-11H,3-5,12H2,1-2H3/b16-9+. The lowest BCUT2D eigenvalue weighted by Gasteiger charge is -1.98. The molecule has 0 aliphatic heterocycles. The van der Waals surface area contributed by atoms with Crippen molar-refractivity contribution in [2.24, 2.45) is 0 Å². The molecule has 18 heavy (non-hydrogen) atoms. The summed E-state index contributed by atoms with van der Waals surface area (Å²) in [6, 6.07) is 9.76. The third kappa shape index (κ3) is 5.01. The van der Waals surface area contributed by atoms with E-state index in [4.69, 9.17) is 0 Å². The number of carbonyl (C=O) groups is 1. The van der Waals surface area contributed by atoms with Gasteiger partial charge in [-0.05, 0) is 25.0 Å². The molecular weight excluding hydrogens is 220 g/mol. The third-order valence-electron chi connectivity index (χ3n) is 2.58. The van der Waals surface area contributed by atoms with Gasteiger partial charge in [0.05, 0.1) is 5.57 Å². The van der Waals surface area contributed by atoms with Gasteiger partial charge in [-0.1, -0.05) is 56.4 Å². The molecule has 1 heteroatoms. The molecule has 0 amide bonds. The zero-order valence-corrected chi connectivity index (χ0v) is 11.2. The summed E-state index contributed by atoms with van der Waals surface area (Å²) in [7, 11) is 0. The molecule has 0 aliphatic carbocycles. The molecule has 0 unspecified atom stereocenters. The first kappa shape index (κ1) is 14.3. The maximum absolute atomic E-state index is 11.9. The normalized spacial score (nSPS) is 10.7. The summed E-state index contributed by atoms with van der Waals surface area (Å²) in [6.45, 7) is 4.11. The molecule has 0 atom stereocenters. The lowest BCUT2D eigenvalue weighted by molar-refractivity contribution is -0.115. The van der Waals surface area contributed by atoms with Crippen LogP contribution in [-0.4, -0.2) is 5.78 Å². The van der Waals surface area contributed by atoms with Crippen molar-refractivity contribution in [3.63, 3.8) is 0 Å². The Bertz CT molecular complexity index is 457. The van der Waals surface area contributed by atoms with E-state index in [2.05, 4.69) is 18.8 Å². The fraction of sp³-hybridized carbons (Fsp3) is 0.353. The van der Waals surface area contributed by atoms with Crippen LogP contribution in [0.25, 0.3) is 0 Å². The number of allylic oxidation sites excluding steroid dienone is 2. The number of benzene rings is 1. The molecule has 0 bridgehead atoms. The lowest BCUT2D eigenvalue weighted by atomic mass is 10.0. The maximum atomic E-state index is 11.9. The van der Waals surface area contributed by atoms with Crippen LogP contribution in [0, 0.1) is 11.8 Å². The Hall–Kier alpha value is -1.81. The van der Waals surface area contributed by atoms with Crippen molar-refractivity contribution in [2.75, 3.05) is 0 Å². The first-order valence-electron chi connectivity index (χ1n) is 6.58. The Morgan fingerprint density at radius 2 is 1.94 bits per heavy atom. The smallest absolute Gasteiger partial charge is 0.170 e. The van der Waals surface area contributed by atoms with Gasteiger partial charge in [-0.3, -0.25) is 4.79 Å². The number of rotatable bonds is 5. The van der Waals surface area contributed by atoms with Gasteiger partial charge >= 0.3 is 0 Å². The zero-order valence-electron chi connectivity index (χ0n) is 11.2. The van der Waals surface area contributed by atoms with Crippen molar-refractivity contribution in [1.82, 2.24) is 0 Å². The number of hydrogen-bond donors (Lipinski definition) is 0. The van der Waals surface area contributed by atoms with Gasteiger partial charge in [-0.15, -0.1) is 0 Å². The average molecular weight is 240 g/mol. The highest BCUT2D eigenvalue weighted by Crippen LogP contribution is 2.06. The van der Waals surface area contributed by atoms with Crippen LogP contribution in [0.5, 0.6) is 0 Å². The SMILES string of the molecule is CC/C=C(\C#Cc1ccccc1)C(=O)CCCC. The molecule has 1 aromatic rings. The molecule has 94 valence electrons. The van der Waals surface area contributed by atoms with Gasteiger partial charge in [-0.25, -0.2) is 0 Å². The number of ketones is 1. The second-order valence-corrected chi connectivity index (χ2v) is 4.17. The quantitative estimate of drug-likeness (QED) is 0.558. The van der Waals surface area contributed by atoms with Crippen LogP contribution in [0.3, 0.4) is 0 Å². The minimum absolute atomic E-state index is 0.169. The van der Waals surface area contributed by atoms with E-state index in [1.807, 2.05) is 43.3 Å². The topological polar surface area (TPSA) is 17.1 Å². The fourth-order valence-electron chi connectivity index (χ4n) is 1.57. The van der Waals surface area contributed by atoms with E-state index in [1.165, 1.54) is 0 Å². The van der Waals surface area contributed by atoms with E-state index in [1.54, 1.807) is 0 Å². The van der Waals surface area contributed by atoms with E-state index >= 15 is 0 Å². The molecule has 0 saturated carbocycles. The summed E-state index contributed by atoms with van der Waals surface area (Å²) in [5.41, 5.74) is 1.61. The first-order chi connectivity index (χ1) is 8.77. The van der Waals surface area contributed by atoms with Crippen LogP contribution in [0.4, 0.5) is 0 Å². The highest BCUT2D eigenvalue weighted by Gasteiger charge is 2.05. The molecule has 1 aromatic carbocycles. The van der Waals surface area contributed by atoms with Gasteiger partial charge in [0, 0.05) is 12.0 Å². The van der Waals surface area contributed by atoms with E-state index in [0.717, 1.165) is 24.8 Å². The van der Waals surface area contributed by atoms with Crippen LogP contribution in [0.15, 0.2) is 42.0 Å². The summed E-state index contributed by atoms with van der Waals surface area (Å²) in [4.78, 5) is 11.9. The van der Waals surface area contributed by atoms with Gasteiger partial charge < -0.3 is 0 Å². The summed E-state index contributed by atoms with van der Waals surface area (Å²) in [6.07, 6.45) is 5.35. The summed E-state index contributed by atoms with van der Waals surface area (Å²) >= 11 is 0. The van der Waals surface area contributed by atoms with Crippen LogP contribution in [0.2, 0.25) is 0 Å². The van der Waals surface area contributed by atoms with Crippen molar-refractivity contribution in [3.05, 3.63) is 47.5 Å². The number of hydrogen-bond acceptors (Lipinski definition) is 1. The largest absolute Gasteiger partial charge is 0.293 e. The van der Waals surface area contributed by atoms with Crippen LogP contribution in [-0.2, 0) is 4.79 Å². The Morgan fingerprint density at radius 1 is 1.22 bits per heavy atom. The van der Waals surface area contributed by atoms with Crippen molar-refractivity contribution < 1.29 is 4.79 Å². The van der Waals surface area contributed by atoms with Crippen LogP contribution < -0.4 is 0 Å². The molecule has 0 saturated heterocycles. The van der Waals surface area contributed by atoms with Crippen molar-refractivity contribution in [2.45, 2.75) is 39.5 Å². The van der Waals surface area contributed by atoms with E-state index in [9.17, 15) is 4.79 Å². The molecule has 0 spiro atoms. The van der Waals surface area contributed by atoms with Gasteiger partial charge in [-0.2, -0.15) is 0 Å². The number of unbranched alkanes of at least 4 members (excludes halogenated alkanes) is 1.